The Morgan fingerprint density at radius 1 is 1.06 bits per heavy atom. The molecule has 0 fully saturated rings. The van der Waals surface area contributed by atoms with Crippen molar-refractivity contribution in [3.63, 3.8) is 0 Å². The molecule has 1 aliphatic carbocycles. The molecule has 0 radical (unpaired) electrons. The van der Waals surface area contributed by atoms with Crippen LogP contribution in [0.1, 0.15) is 49.8 Å². The Labute approximate surface area is 204 Å². The van der Waals surface area contributed by atoms with E-state index < -0.39 is 5.97 Å². The number of halogens is 1. The molecule has 7 nitrogen and oxygen atoms in total. The van der Waals surface area contributed by atoms with Gasteiger partial charge >= 0.3 is 5.97 Å². The van der Waals surface area contributed by atoms with Crippen molar-refractivity contribution >= 4 is 45.5 Å². The molecule has 0 saturated carbocycles. The molecule has 1 aliphatic rings. The number of nitrogens with one attached hydrogen (secondary N) is 1. The predicted molar refractivity (Wildman–Crippen MR) is 131 cm³/mol. The summed E-state index contributed by atoms with van der Waals surface area (Å²) in [6.45, 7) is -0.117. The van der Waals surface area contributed by atoms with Gasteiger partial charge in [0.25, 0.3) is 11.5 Å². The van der Waals surface area contributed by atoms with E-state index in [1.54, 1.807) is 46.9 Å². The van der Waals surface area contributed by atoms with E-state index in [-0.39, 0.29) is 23.6 Å². The van der Waals surface area contributed by atoms with Crippen LogP contribution in [-0.2, 0) is 24.2 Å². The summed E-state index contributed by atoms with van der Waals surface area (Å²) in [6, 6.07) is 14.4. The Kier molecular flexibility index (Phi) is 6.17. The third-order valence-corrected chi connectivity index (χ3v) is 7.02. The molecule has 0 unspecified atom stereocenters. The molecule has 0 aliphatic heterocycles. The molecule has 9 heteroatoms. The van der Waals surface area contributed by atoms with E-state index in [0.717, 1.165) is 31.4 Å². The summed E-state index contributed by atoms with van der Waals surface area (Å²) in [7, 11) is 0. The Morgan fingerprint density at radius 3 is 2.68 bits per heavy atom. The molecule has 0 spiro atoms. The lowest BCUT2D eigenvalue weighted by molar-refractivity contribution is 0.0467. The lowest BCUT2D eigenvalue weighted by atomic mass is 10.0. The SMILES string of the molecule is O=C(Nc1cccc(C(=O)OCc2cc(=O)n3c4c(sc3n2)CCCC4)c1)c1ccc(Cl)cc1. The lowest BCUT2D eigenvalue weighted by Crippen LogP contribution is -2.18. The smallest absolute Gasteiger partial charge is 0.338 e. The van der Waals surface area contributed by atoms with Gasteiger partial charge in [0, 0.05) is 32.9 Å². The number of hydrogen-bond acceptors (Lipinski definition) is 6. The summed E-state index contributed by atoms with van der Waals surface area (Å²) in [5.74, 6) is -0.895. The molecule has 0 saturated heterocycles. The summed E-state index contributed by atoms with van der Waals surface area (Å²) >= 11 is 7.39. The first-order chi connectivity index (χ1) is 16.5. The second-order valence-electron chi connectivity index (χ2n) is 8.00. The summed E-state index contributed by atoms with van der Waals surface area (Å²) in [5, 5.41) is 3.29. The van der Waals surface area contributed by atoms with Crippen LogP contribution in [0.2, 0.25) is 5.02 Å². The number of aryl methyl sites for hydroxylation is 2. The molecular weight excluding hydrogens is 474 g/mol. The fraction of sp³-hybridized carbons (Fsp3) is 0.200. The molecule has 34 heavy (non-hydrogen) atoms. The van der Waals surface area contributed by atoms with E-state index in [9.17, 15) is 14.4 Å². The van der Waals surface area contributed by atoms with Gasteiger partial charge in [0.1, 0.15) is 6.61 Å². The molecule has 1 N–H and O–H groups in total. The highest BCUT2D eigenvalue weighted by Gasteiger charge is 2.19. The van der Waals surface area contributed by atoms with Crippen molar-refractivity contribution in [2.45, 2.75) is 32.3 Å². The molecule has 4 aromatic rings. The average molecular weight is 494 g/mol. The van der Waals surface area contributed by atoms with E-state index in [2.05, 4.69) is 10.3 Å². The van der Waals surface area contributed by atoms with Crippen LogP contribution < -0.4 is 10.9 Å². The van der Waals surface area contributed by atoms with Gasteiger partial charge in [-0.15, -0.1) is 11.3 Å². The van der Waals surface area contributed by atoms with Crippen molar-refractivity contribution in [2.24, 2.45) is 0 Å². The van der Waals surface area contributed by atoms with Gasteiger partial charge in [-0.1, -0.05) is 17.7 Å². The molecule has 5 rings (SSSR count). The van der Waals surface area contributed by atoms with Crippen LogP contribution in [0.25, 0.3) is 4.96 Å². The highest BCUT2D eigenvalue weighted by Crippen LogP contribution is 2.28. The highest BCUT2D eigenvalue weighted by molar-refractivity contribution is 7.17. The fourth-order valence-corrected chi connectivity index (χ4v) is 5.33. The van der Waals surface area contributed by atoms with Crippen LogP contribution in [0.4, 0.5) is 5.69 Å². The number of ether oxygens (including phenoxy) is 1. The maximum atomic E-state index is 12.7. The van der Waals surface area contributed by atoms with Crippen molar-refractivity contribution in [1.29, 1.82) is 0 Å². The van der Waals surface area contributed by atoms with Crippen LogP contribution in [0.3, 0.4) is 0 Å². The number of hydrogen-bond donors (Lipinski definition) is 1. The minimum absolute atomic E-state index is 0.117. The quantitative estimate of drug-likeness (QED) is 0.399. The largest absolute Gasteiger partial charge is 0.456 e. The Balaban J connectivity index is 1.27. The van der Waals surface area contributed by atoms with E-state index >= 15 is 0 Å². The fourth-order valence-electron chi connectivity index (χ4n) is 3.97. The number of amides is 1. The minimum atomic E-state index is -0.574. The number of carbonyl (C=O) groups excluding carboxylic acids is 2. The molecule has 1 amide bonds. The van der Waals surface area contributed by atoms with Gasteiger partial charge in [0.2, 0.25) is 0 Å². The van der Waals surface area contributed by atoms with Gasteiger partial charge in [-0.2, -0.15) is 0 Å². The van der Waals surface area contributed by atoms with Gasteiger partial charge in [-0.3, -0.25) is 14.0 Å². The first kappa shape index (κ1) is 22.3. The number of esters is 1. The summed E-state index contributed by atoms with van der Waals surface area (Å²) in [6.07, 6.45) is 4.05. The number of nitrogens with zero attached hydrogens (tertiary/aromatic N) is 2. The first-order valence-electron chi connectivity index (χ1n) is 10.9. The number of aromatic nitrogens is 2. The number of carbonyl (C=O) groups is 2. The topological polar surface area (TPSA) is 89.8 Å². The van der Waals surface area contributed by atoms with E-state index in [0.29, 0.717) is 26.9 Å². The average Bonchev–Trinajstić information content (AvgIpc) is 3.22. The Hall–Kier alpha value is -3.49. The first-order valence-corrected chi connectivity index (χ1v) is 12.0. The van der Waals surface area contributed by atoms with Crippen molar-refractivity contribution < 1.29 is 14.3 Å². The third kappa shape index (κ3) is 4.60. The summed E-state index contributed by atoms with van der Waals surface area (Å²) in [5.41, 5.74) is 2.49. The molecule has 172 valence electrons. The van der Waals surface area contributed by atoms with Crippen LogP contribution in [0.5, 0.6) is 0 Å². The van der Waals surface area contributed by atoms with Gasteiger partial charge < -0.3 is 10.1 Å². The van der Waals surface area contributed by atoms with Crippen molar-refractivity contribution in [3.05, 3.63) is 97.4 Å². The predicted octanol–water partition coefficient (Wildman–Crippen LogP) is 4.90. The molecule has 2 aromatic carbocycles. The molecule has 2 heterocycles. The summed E-state index contributed by atoms with van der Waals surface area (Å²) < 4.78 is 7.08. The van der Waals surface area contributed by atoms with E-state index in [4.69, 9.17) is 16.3 Å². The van der Waals surface area contributed by atoms with Crippen LogP contribution in [-0.4, -0.2) is 21.3 Å². The maximum Gasteiger partial charge on any atom is 0.338 e. The standard InChI is InChI=1S/C25H20ClN3O4S/c26-17-10-8-15(9-11-17)23(31)27-18-5-3-4-16(12-18)24(32)33-14-19-13-22(30)29-20-6-1-2-7-21(20)34-25(29)28-19/h3-5,8-13H,1-2,6-7,14H2,(H,27,31). The van der Waals surface area contributed by atoms with Crippen molar-refractivity contribution in [1.82, 2.24) is 9.38 Å². The van der Waals surface area contributed by atoms with Crippen LogP contribution >= 0.6 is 22.9 Å². The number of fused-ring (bicyclic) bond motifs is 3. The zero-order valence-corrected chi connectivity index (χ0v) is 19.6. The number of thiazole rings is 1. The third-order valence-electron chi connectivity index (χ3n) is 5.63. The second-order valence-corrected chi connectivity index (χ2v) is 9.50. The number of anilines is 1. The Morgan fingerprint density at radius 2 is 1.85 bits per heavy atom. The molecule has 0 bridgehead atoms. The van der Waals surface area contributed by atoms with Crippen LogP contribution in [0.15, 0.2) is 59.4 Å². The lowest BCUT2D eigenvalue weighted by Gasteiger charge is -2.10. The van der Waals surface area contributed by atoms with Crippen LogP contribution in [0, 0.1) is 0 Å². The van der Waals surface area contributed by atoms with Gasteiger partial charge in [0.15, 0.2) is 4.96 Å². The number of benzene rings is 2. The highest BCUT2D eigenvalue weighted by atomic mass is 35.5. The van der Waals surface area contributed by atoms with Gasteiger partial charge in [-0.05, 0) is 68.1 Å². The van der Waals surface area contributed by atoms with E-state index in [1.807, 2.05) is 0 Å². The normalized spacial score (nSPS) is 12.9. The maximum absolute atomic E-state index is 12.7. The minimum Gasteiger partial charge on any atom is -0.456 e. The Bertz CT molecular complexity index is 1460. The molecule has 0 atom stereocenters. The molecule has 2 aromatic heterocycles. The van der Waals surface area contributed by atoms with Gasteiger partial charge in [0.05, 0.1) is 11.3 Å². The van der Waals surface area contributed by atoms with Gasteiger partial charge in [-0.25, -0.2) is 9.78 Å². The number of rotatable bonds is 5. The van der Waals surface area contributed by atoms with E-state index in [1.165, 1.54) is 28.3 Å². The molecular formula is C25H20ClN3O4S. The van der Waals surface area contributed by atoms with Crippen molar-refractivity contribution in [3.8, 4) is 0 Å². The van der Waals surface area contributed by atoms with Crippen molar-refractivity contribution in [2.75, 3.05) is 5.32 Å². The summed E-state index contributed by atoms with van der Waals surface area (Å²) in [4.78, 5) is 44.1. The monoisotopic (exact) mass is 493 g/mol. The zero-order chi connectivity index (χ0) is 23.7. The second kappa shape index (κ2) is 9.40. The zero-order valence-electron chi connectivity index (χ0n) is 18.0.